The summed E-state index contributed by atoms with van der Waals surface area (Å²) in [5, 5.41) is 21.2. The van der Waals surface area contributed by atoms with Crippen LogP contribution in [0.15, 0.2) is 36.7 Å². The third-order valence-electron chi connectivity index (χ3n) is 4.58. The van der Waals surface area contributed by atoms with Crippen molar-refractivity contribution < 1.29 is 0 Å². The van der Waals surface area contributed by atoms with Crippen LogP contribution in [-0.4, -0.2) is 30.7 Å². The Hall–Kier alpha value is -3.40. The van der Waals surface area contributed by atoms with Crippen molar-refractivity contribution in [1.82, 2.24) is 24.1 Å². The summed E-state index contributed by atoms with van der Waals surface area (Å²) in [6.07, 6.45) is 2.52. The molecule has 0 radical (unpaired) electrons. The minimum atomic E-state index is 0.609. The van der Waals surface area contributed by atoms with Crippen LogP contribution < -0.4 is 5.32 Å². The van der Waals surface area contributed by atoms with Gasteiger partial charge in [0.1, 0.15) is 24.0 Å². The van der Waals surface area contributed by atoms with E-state index in [2.05, 4.69) is 33.5 Å². The van der Waals surface area contributed by atoms with Gasteiger partial charge in [0.25, 0.3) is 0 Å². The van der Waals surface area contributed by atoms with Gasteiger partial charge in [-0.1, -0.05) is 12.1 Å². The van der Waals surface area contributed by atoms with E-state index in [1.165, 1.54) is 0 Å². The third-order valence-corrected chi connectivity index (χ3v) is 4.58. The number of nitrogens with zero attached hydrogens (tertiary/aromatic N) is 6. The number of nitriles is 1. The van der Waals surface area contributed by atoms with Gasteiger partial charge >= 0.3 is 0 Å². The van der Waals surface area contributed by atoms with E-state index >= 15 is 0 Å². The van der Waals surface area contributed by atoms with E-state index in [1.807, 2.05) is 46.2 Å². The van der Waals surface area contributed by atoms with E-state index in [0.29, 0.717) is 17.8 Å². The summed E-state index contributed by atoms with van der Waals surface area (Å²) in [5.41, 5.74) is 4.07. The molecule has 130 valence electrons. The number of aryl methyl sites for hydroxylation is 2. The Balaban J connectivity index is 1.74. The van der Waals surface area contributed by atoms with Crippen molar-refractivity contribution in [3.8, 4) is 6.07 Å². The van der Waals surface area contributed by atoms with Gasteiger partial charge in [0, 0.05) is 19.5 Å². The van der Waals surface area contributed by atoms with Crippen molar-refractivity contribution in [2.24, 2.45) is 0 Å². The maximum Gasteiger partial charge on any atom is 0.157 e. The third kappa shape index (κ3) is 2.56. The van der Waals surface area contributed by atoms with Crippen molar-refractivity contribution in [1.29, 1.82) is 5.26 Å². The van der Waals surface area contributed by atoms with Crippen molar-refractivity contribution in [3.05, 3.63) is 53.6 Å². The molecular weight excluding hydrogens is 326 g/mol. The number of hydrogen-bond donors (Lipinski definition) is 1. The molecule has 0 saturated carbocycles. The number of fused-ring (bicyclic) bond motifs is 3. The Morgan fingerprint density at radius 2 is 2.12 bits per heavy atom. The number of pyridine rings is 1. The summed E-state index contributed by atoms with van der Waals surface area (Å²) in [7, 11) is 0. The van der Waals surface area contributed by atoms with Crippen LogP contribution in [0.3, 0.4) is 0 Å². The molecule has 7 heteroatoms. The molecule has 0 aliphatic carbocycles. The van der Waals surface area contributed by atoms with Crippen LogP contribution >= 0.6 is 0 Å². The molecule has 0 amide bonds. The predicted molar refractivity (Wildman–Crippen MR) is 100 cm³/mol. The molecule has 0 unspecified atom stereocenters. The molecule has 0 bridgehead atoms. The van der Waals surface area contributed by atoms with Crippen LogP contribution in [0.25, 0.3) is 16.7 Å². The average molecular weight is 345 g/mol. The standard InChI is InChI=1S/C19H19N7/c1-3-25-12-22-24-17(25)8-9-21-18-10-13(2)14(11-20)19-23-15-6-4-5-7-16(15)26(18)19/h4-7,10,12,21H,3,8-9H2,1-2H3. The van der Waals surface area contributed by atoms with Crippen LogP contribution in [-0.2, 0) is 13.0 Å². The molecule has 26 heavy (non-hydrogen) atoms. The number of benzene rings is 1. The lowest BCUT2D eigenvalue weighted by molar-refractivity contribution is 0.697. The van der Waals surface area contributed by atoms with E-state index in [4.69, 9.17) is 0 Å². The van der Waals surface area contributed by atoms with Gasteiger partial charge in [-0.25, -0.2) is 4.98 Å². The van der Waals surface area contributed by atoms with Crippen LogP contribution in [0.2, 0.25) is 0 Å². The molecular formula is C19H19N7. The fourth-order valence-corrected chi connectivity index (χ4v) is 3.26. The Morgan fingerprint density at radius 1 is 1.27 bits per heavy atom. The maximum atomic E-state index is 9.55. The van der Waals surface area contributed by atoms with Crippen LogP contribution in [0.1, 0.15) is 23.9 Å². The van der Waals surface area contributed by atoms with Crippen LogP contribution in [0, 0.1) is 18.3 Å². The van der Waals surface area contributed by atoms with Gasteiger partial charge in [-0.2, -0.15) is 5.26 Å². The molecule has 0 spiro atoms. The molecule has 7 nitrogen and oxygen atoms in total. The number of hydrogen-bond acceptors (Lipinski definition) is 5. The van der Waals surface area contributed by atoms with Crippen LogP contribution in [0.5, 0.6) is 0 Å². The molecule has 0 atom stereocenters. The first-order chi connectivity index (χ1) is 12.7. The number of imidazole rings is 1. The number of anilines is 1. The minimum Gasteiger partial charge on any atom is -0.371 e. The topological polar surface area (TPSA) is 83.8 Å². The largest absolute Gasteiger partial charge is 0.371 e. The van der Waals surface area contributed by atoms with Gasteiger partial charge in [-0.05, 0) is 37.6 Å². The molecule has 4 rings (SSSR count). The molecule has 1 N–H and O–H groups in total. The fourth-order valence-electron chi connectivity index (χ4n) is 3.26. The molecule has 4 aromatic rings. The Labute approximate surface area is 150 Å². The summed E-state index contributed by atoms with van der Waals surface area (Å²) < 4.78 is 4.05. The lowest BCUT2D eigenvalue weighted by Crippen LogP contribution is -2.12. The first-order valence-corrected chi connectivity index (χ1v) is 8.64. The SMILES string of the molecule is CCn1cnnc1CCNc1cc(C)c(C#N)c2nc3ccccc3n12. The van der Waals surface area contributed by atoms with Crippen molar-refractivity contribution in [2.75, 3.05) is 11.9 Å². The van der Waals surface area contributed by atoms with Gasteiger partial charge in [0.05, 0.1) is 16.6 Å². The monoisotopic (exact) mass is 345 g/mol. The van der Waals surface area contributed by atoms with Crippen molar-refractivity contribution in [3.63, 3.8) is 0 Å². The van der Waals surface area contributed by atoms with Gasteiger partial charge in [0.2, 0.25) is 0 Å². The van der Waals surface area contributed by atoms with Gasteiger partial charge < -0.3 is 9.88 Å². The summed E-state index contributed by atoms with van der Waals surface area (Å²) in [6, 6.07) is 12.2. The molecule has 1 aromatic carbocycles. The first-order valence-electron chi connectivity index (χ1n) is 8.64. The minimum absolute atomic E-state index is 0.609. The highest BCUT2D eigenvalue weighted by atomic mass is 15.3. The highest BCUT2D eigenvalue weighted by Crippen LogP contribution is 2.26. The van der Waals surface area contributed by atoms with E-state index in [1.54, 1.807) is 6.33 Å². The number of para-hydroxylation sites is 2. The zero-order chi connectivity index (χ0) is 18.1. The zero-order valence-corrected chi connectivity index (χ0v) is 14.8. The predicted octanol–water partition coefficient (Wildman–Crippen LogP) is 2.93. The number of aromatic nitrogens is 5. The van der Waals surface area contributed by atoms with E-state index < -0.39 is 0 Å². The fraction of sp³-hybridized carbons (Fsp3) is 0.263. The molecule has 0 fully saturated rings. The van der Waals surface area contributed by atoms with E-state index in [-0.39, 0.29) is 0 Å². The second-order valence-corrected chi connectivity index (χ2v) is 6.17. The summed E-state index contributed by atoms with van der Waals surface area (Å²) >= 11 is 0. The smallest absolute Gasteiger partial charge is 0.157 e. The van der Waals surface area contributed by atoms with E-state index in [9.17, 15) is 5.26 Å². The number of rotatable bonds is 5. The normalized spacial score (nSPS) is 11.1. The maximum absolute atomic E-state index is 9.55. The average Bonchev–Trinajstić information content (AvgIpc) is 3.25. The van der Waals surface area contributed by atoms with Gasteiger partial charge in [0.15, 0.2) is 5.65 Å². The molecule has 3 heterocycles. The first kappa shape index (κ1) is 16.1. The summed E-state index contributed by atoms with van der Waals surface area (Å²) in [6.45, 7) is 5.59. The second-order valence-electron chi connectivity index (χ2n) is 6.17. The van der Waals surface area contributed by atoms with Crippen LogP contribution in [0.4, 0.5) is 5.82 Å². The molecule has 3 aromatic heterocycles. The van der Waals surface area contributed by atoms with Crippen molar-refractivity contribution >= 4 is 22.5 Å². The summed E-state index contributed by atoms with van der Waals surface area (Å²) in [4.78, 5) is 4.67. The lowest BCUT2D eigenvalue weighted by atomic mass is 10.1. The van der Waals surface area contributed by atoms with Gasteiger partial charge in [-0.3, -0.25) is 4.40 Å². The molecule has 0 saturated heterocycles. The Bertz CT molecular complexity index is 1130. The second kappa shape index (κ2) is 6.48. The quantitative estimate of drug-likeness (QED) is 0.601. The Kier molecular flexibility index (Phi) is 4.01. The van der Waals surface area contributed by atoms with Gasteiger partial charge in [-0.15, -0.1) is 10.2 Å². The summed E-state index contributed by atoms with van der Waals surface area (Å²) in [5.74, 6) is 1.88. The molecule has 0 aliphatic rings. The Morgan fingerprint density at radius 3 is 2.92 bits per heavy atom. The molecule has 0 aliphatic heterocycles. The number of nitrogens with one attached hydrogen (secondary N) is 1. The highest BCUT2D eigenvalue weighted by molar-refractivity contribution is 5.85. The highest BCUT2D eigenvalue weighted by Gasteiger charge is 2.15. The van der Waals surface area contributed by atoms with Crippen molar-refractivity contribution in [2.45, 2.75) is 26.8 Å². The van der Waals surface area contributed by atoms with E-state index in [0.717, 1.165) is 41.2 Å². The zero-order valence-electron chi connectivity index (χ0n) is 14.8. The lowest BCUT2D eigenvalue weighted by Gasteiger charge is -2.12.